The number of aromatic nitrogens is 3. The number of hydrogen-bond donors (Lipinski definition) is 1. The molecule has 0 bridgehead atoms. The number of benzene rings is 1. The van der Waals surface area contributed by atoms with E-state index in [9.17, 15) is 12.8 Å². The van der Waals surface area contributed by atoms with Gasteiger partial charge in [-0.2, -0.15) is 0 Å². The molecule has 0 spiro atoms. The van der Waals surface area contributed by atoms with Crippen molar-refractivity contribution in [3.8, 4) is 11.3 Å². The summed E-state index contributed by atoms with van der Waals surface area (Å²) in [6.45, 7) is 0.871. The summed E-state index contributed by atoms with van der Waals surface area (Å²) in [5, 5.41) is 4.42. The highest BCUT2D eigenvalue weighted by molar-refractivity contribution is 7.88. The maximum Gasteiger partial charge on any atom is 0.223 e. The number of sulfonamides is 1. The van der Waals surface area contributed by atoms with Gasteiger partial charge in [-0.3, -0.25) is 0 Å². The SMILES string of the molecule is CS(=O)(=O)N1CCC(Nc2ncc(F)c(-c3ccc4nc(Cl)ccc4c3)n2)CC1. The zero-order chi connectivity index (χ0) is 20.6. The van der Waals surface area contributed by atoms with Crippen LogP contribution < -0.4 is 5.32 Å². The summed E-state index contributed by atoms with van der Waals surface area (Å²) in [6, 6.07) is 8.84. The van der Waals surface area contributed by atoms with Gasteiger partial charge in [0.1, 0.15) is 10.8 Å². The fourth-order valence-corrected chi connectivity index (χ4v) is 4.43. The van der Waals surface area contributed by atoms with Crippen LogP contribution in [0, 0.1) is 5.82 Å². The number of nitrogens with one attached hydrogen (secondary N) is 1. The second-order valence-corrected chi connectivity index (χ2v) is 9.38. The Morgan fingerprint density at radius 2 is 1.93 bits per heavy atom. The van der Waals surface area contributed by atoms with Gasteiger partial charge in [0, 0.05) is 30.1 Å². The fourth-order valence-electron chi connectivity index (χ4n) is 3.40. The average Bonchev–Trinajstić information content (AvgIpc) is 2.69. The lowest BCUT2D eigenvalue weighted by molar-refractivity contribution is 0.331. The van der Waals surface area contributed by atoms with Crippen LogP contribution in [0.25, 0.3) is 22.2 Å². The standard InChI is InChI=1S/C19H19ClFN5O2S/c1-29(27,28)26-8-6-14(7-9-26)23-19-22-11-15(21)18(25-19)13-2-4-16-12(10-13)3-5-17(20)24-16/h2-5,10-11,14H,6-9H2,1H3,(H,22,23,25). The molecule has 0 aliphatic carbocycles. The zero-order valence-electron chi connectivity index (χ0n) is 15.6. The first kappa shape index (κ1) is 19.9. The lowest BCUT2D eigenvalue weighted by atomic mass is 10.1. The minimum atomic E-state index is -3.18. The number of pyridine rings is 1. The summed E-state index contributed by atoms with van der Waals surface area (Å²) in [5.41, 5.74) is 1.51. The van der Waals surface area contributed by atoms with Gasteiger partial charge >= 0.3 is 0 Å². The molecule has 3 aromatic rings. The molecule has 0 atom stereocenters. The quantitative estimate of drug-likeness (QED) is 0.632. The van der Waals surface area contributed by atoms with E-state index in [-0.39, 0.29) is 11.7 Å². The number of fused-ring (bicyclic) bond motifs is 1. The summed E-state index contributed by atoms with van der Waals surface area (Å²) in [7, 11) is -3.18. The molecule has 1 aliphatic rings. The van der Waals surface area contributed by atoms with E-state index in [1.165, 1.54) is 10.6 Å². The van der Waals surface area contributed by atoms with Crippen molar-refractivity contribution in [3.63, 3.8) is 0 Å². The van der Waals surface area contributed by atoms with Crippen LogP contribution in [0.15, 0.2) is 36.5 Å². The van der Waals surface area contributed by atoms with Gasteiger partial charge in [0.15, 0.2) is 5.82 Å². The van der Waals surface area contributed by atoms with E-state index in [1.807, 2.05) is 6.07 Å². The molecule has 29 heavy (non-hydrogen) atoms. The highest BCUT2D eigenvalue weighted by Gasteiger charge is 2.25. The third kappa shape index (κ3) is 4.47. The van der Waals surface area contributed by atoms with E-state index in [1.54, 1.807) is 24.3 Å². The Morgan fingerprint density at radius 3 is 2.66 bits per heavy atom. The third-order valence-corrected chi connectivity index (χ3v) is 6.44. The van der Waals surface area contributed by atoms with Gasteiger partial charge in [-0.05, 0) is 37.1 Å². The normalized spacial score (nSPS) is 16.2. The summed E-state index contributed by atoms with van der Waals surface area (Å²) in [6.07, 6.45) is 3.61. The summed E-state index contributed by atoms with van der Waals surface area (Å²) in [5.74, 6) is -0.211. The van der Waals surface area contributed by atoms with Crippen LogP contribution in [0.2, 0.25) is 5.15 Å². The summed E-state index contributed by atoms with van der Waals surface area (Å²) in [4.78, 5) is 12.6. The molecule has 3 heterocycles. The second kappa shape index (κ2) is 7.81. The van der Waals surface area contributed by atoms with E-state index in [4.69, 9.17) is 11.6 Å². The Kier molecular flexibility index (Phi) is 5.37. The van der Waals surface area contributed by atoms with Crippen molar-refractivity contribution < 1.29 is 12.8 Å². The number of hydrogen-bond acceptors (Lipinski definition) is 6. The lowest BCUT2D eigenvalue weighted by Gasteiger charge is -2.30. The van der Waals surface area contributed by atoms with Crippen molar-refractivity contribution in [1.82, 2.24) is 19.3 Å². The maximum absolute atomic E-state index is 14.4. The monoisotopic (exact) mass is 435 g/mol. The maximum atomic E-state index is 14.4. The van der Waals surface area contributed by atoms with Crippen LogP contribution >= 0.6 is 11.6 Å². The Bertz CT molecular complexity index is 1170. The van der Waals surface area contributed by atoms with Gasteiger partial charge < -0.3 is 5.32 Å². The predicted molar refractivity (Wildman–Crippen MR) is 111 cm³/mol. The molecule has 4 rings (SSSR count). The molecule has 0 saturated carbocycles. The molecular weight excluding hydrogens is 417 g/mol. The Balaban J connectivity index is 1.55. The minimum Gasteiger partial charge on any atom is -0.351 e. The van der Waals surface area contributed by atoms with E-state index >= 15 is 0 Å². The van der Waals surface area contributed by atoms with Gasteiger partial charge in [-0.15, -0.1) is 0 Å². The molecule has 2 aromatic heterocycles. The molecule has 0 radical (unpaired) electrons. The molecule has 1 fully saturated rings. The molecule has 1 aliphatic heterocycles. The van der Waals surface area contributed by atoms with E-state index in [0.29, 0.717) is 48.1 Å². The number of halogens is 2. The summed E-state index contributed by atoms with van der Waals surface area (Å²) >= 11 is 5.91. The van der Waals surface area contributed by atoms with Gasteiger partial charge in [0.2, 0.25) is 16.0 Å². The van der Waals surface area contributed by atoms with Crippen molar-refractivity contribution in [2.24, 2.45) is 0 Å². The van der Waals surface area contributed by atoms with Crippen molar-refractivity contribution in [2.45, 2.75) is 18.9 Å². The average molecular weight is 436 g/mol. The van der Waals surface area contributed by atoms with Gasteiger partial charge in [-0.25, -0.2) is 32.1 Å². The fraction of sp³-hybridized carbons (Fsp3) is 0.316. The van der Waals surface area contributed by atoms with Crippen LogP contribution in [0.1, 0.15) is 12.8 Å². The van der Waals surface area contributed by atoms with Crippen LogP contribution in [0.3, 0.4) is 0 Å². The van der Waals surface area contributed by atoms with E-state index in [2.05, 4.69) is 20.3 Å². The molecule has 152 valence electrons. The molecule has 1 aromatic carbocycles. The minimum absolute atomic E-state index is 0.0225. The molecule has 1 saturated heterocycles. The Morgan fingerprint density at radius 1 is 1.17 bits per heavy atom. The van der Waals surface area contributed by atoms with Gasteiger partial charge in [0.05, 0.1) is 18.0 Å². The van der Waals surface area contributed by atoms with E-state index < -0.39 is 15.8 Å². The number of nitrogens with zero attached hydrogens (tertiary/aromatic N) is 4. The van der Waals surface area contributed by atoms with Crippen LogP contribution in [0.4, 0.5) is 10.3 Å². The molecule has 0 amide bonds. The number of rotatable bonds is 4. The van der Waals surface area contributed by atoms with Crippen molar-refractivity contribution in [1.29, 1.82) is 0 Å². The van der Waals surface area contributed by atoms with Crippen molar-refractivity contribution in [3.05, 3.63) is 47.5 Å². The van der Waals surface area contributed by atoms with Crippen molar-refractivity contribution in [2.75, 3.05) is 24.7 Å². The molecular formula is C19H19ClFN5O2S. The first-order valence-electron chi connectivity index (χ1n) is 9.10. The van der Waals surface area contributed by atoms with Crippen molar-refractivity contribution >= 4 is 38.5 Å². The lowest BCUT2D eigenvalue weighted by Crippen LogP contribution is -2.42. The molecule has 7 nitrogen and oxygen atoms in total. The van der Waals surface area contributed by atoms with Gasteiger partial charge in [-0.1, -0.05) is 17.7 Å². The highest BCUT2D eigenvalue weighted by atomic mass is 35.5. The molecule has 1 N–H and O–H groups in total. The molecule has 0 unspecified atom stereocenters. The Labute approximate surface area is 173 Å². The number of piperidine rings is 1. The number of anilines is 1. The smallest absolute Gasteiger partial charge is 0.223 e. The largest absolute Gasteiger partial charge is 0.351 e. The first-order valence-corrected chi connectivity index (χ1v) is 11.3. The zero-order valence-corrected chi connectivity index (χ0v) is 17.2. The molecule has 10 heteroatoms. The van der Waals surface area contributed by atoms with Crippen LogP contribution in [-0.4, -0.2) is 53.1 Å². The Hall–Kier alpha value is -2.36. The summed E-state index contributed by atoms with van der Waals surface area (Å²) < 4.78 is 39.1. The van der Waals surface area contributed by atoms with Crippen LogP contribution in [0.5, 0.6) is 0 Å². The third-order valence-electron chi connectivity index (χ3n) is 4.93. The van der Waals surface area contributed by atoms with Crippen LogP contribution in [-0.2, 0) is 10.0 Å². The van der Waals surface area contributed by atoms with Gasteiger partial charge in [0.25, 0.3) is 0 Å². The second-order valence-electron chi connectivity index (χ2n) is 7.01. The first-order chi connectivity index (χ1) is 13.8. The van der Waals surface area contributed by atoms with E-state index in [0.717, 1.165) is 11.6 Å². The predicted octanol–water partition coefficient (Wildman–Crippen LogP) is 3.32. The highest BCUT2D eigenvalue weighted by Crippen LogP contribution is 2.26. The topological polar surface area (TPSA) is 88.1 Å².